The second-order valence-electron chi connectivity index (χ2n) is 8.47. The van der Waals surface area contributed by atoms with E-state index in [2.05, 4.69) is 0 Å². The third-order valence-corrected chi connectivity index (χ3v) is 6.96. The predicted molar refractivity (Wildman–Crippen MR) is 110 cm³/mol. The number of methoxy groups -OCH3 is 2. The van der Waals surface area contributed by atoms with Gasteiger partial charge in [-0.3, -0.25) is 14.5 Å². The van der Waals surface area contributed by atoms with Crippen LogP contribution in [-0.2, 0) is 23.8 Å². The van der Waals surface area contributed by atoms with E-state index in [0.29, 0.717) is 11.1 Å². The van der Waals surface area contributed by atoms with Gasteiger partial charge in [-0.25, -0.2) is 0 Å². The smallest absolute Gasteiger partial charge is 0.235 e. The molecule has 6 atom stereocenters. The maximum Gasteiger partial charge on any atom is 0.235 e. The molecule has 10 heteroatoms. The molecule has 0 aromatic rings. The molecule has 1 saturated heterocycles. The number of imide groups is 1. The number of nitriles is 4. The van der Waals surface area contributed by atoms with Crippen molar-refractivity contribution < 1.29 is 23.8 Å². The van der Waals surface area contributed by atoms with Crippen LogP contribution in [0.3, 0.4) is 0 Å². The third kappa shape index (κ3) is 3.00. The molecule has 0 aromatic heterocycles. The molecule has 2 aliphatic carbocycles. The highest BCUT2D eigenvalue weighted by Gasteiger charge is 2.67. The lowest BCUT2D eigenvalue weighted by molar-refractivity contribution is -0.141. The van der Waals surface area contributed by atoms with Gasteiger partial charge in [0, 0.05) is 21.3 Å². The molecule has 1 heterocycles. The van der Waals surface area contributed by atoms with E-state index in [1.54, 1.807) is 19.9 Å². The fourth-order valence-electron chi connectivity index (χ4n) is 5.15. The highest BCUT2D eigenvalue weighted by atomic mass is 16.5. The van der Waals surface area contributed by atoms with Crippen LogP contribution in [0.1, 0.15) is 13.8 Å². The van der Waals surface area contributed by atoms with Crippen molar-refractivity contribution in [3.8, 4) is 24.3 Å². The molecule has 0 spiro atoms. The summed E-state index contributed by atoms with van der Waals surface area (Å²) in [5.41, 5.74) is -3.48. The summed E-state index contributed by atoms with van der Waals surface area (Å²) in [6, 6.07) is 7.37. The van der Waals surface area contributed by atoms with Crippen LogP contribution in [0, 0.1) is 68.0 Å². The number of fused-ring (bicyclic) bond motifs is 1. The molecule has 0 aromatic carbocycles. The van der Waals surface area contributed by atoms with E-state index in [0.717, 1.165) is 4.90 Å². The van der Waals surface area contributed by atoms with Crippen LogP contribution in [0.25, 0.3) is 0 Å². The zero-order valence-electron chi connectivity index (χ0n) is 18.9. The fourth-order valence-corrected chi connectivity index (χ4v) is 5.15. The van der Waals surface area contributed by atoms with Crippen LogP contribution < -0.4 is 0 Å². The highest BCUT2D eigenvalue weighted by molar-refractivity contribution is 6.06. The molecule has 3 rings (SSSR count). The quantitative estimate of drug-likeness (QED) is 0.450. The van der Waals surface area contributed by atoms with Gasteiger partial charge in [0.15, 0.2) is 0 Å². The Bertz CT molecular complexity index is 1090. The van der Waals surface area contributed by atoms with Crippen molar-refractivity contribution in [3.63, 3.8) is 0 Å². The van der Waals surface area contributed by atoms with Crippen LogP contribution in [0.15, 0.2) is 23.3 Å². The maximum absolute atomic E-state index is 13.0. The molecule has 3 aliphatic rings. The Morgan fingerprint density at radius 1 is 0.848 bits per heavy atom. The Labute approximate surface area is 191 Å². The number of hydrogen-bond donors (Lipinski definition) is 0. The predicted octanol–water partition coefficient (Wildman–Crippen LogP) is 0.988. The Kier molecular flexibility index (Phi) is 6.16. The Hall–Kier alpha value is -3.54. The average Bonchev–Trinajstić information content (AvgIpc) is 3.05. The molecule has 0 N–H and O–H groups in total. The normalized spacial score (nSPS) is 34.2. The molecule has 0 bridgehead atoms. The molecule has 170 valence electrons. The fraction of sp³-hybridized carbons (Fsp3) is 0.565. The largest absolute Gasteiger partial charge is 0.377 e. The molecule has 0 radical (unpaired) electrons. The molecular weight excluding hydrogens is 426 g/mol. The summed E-state index contributed by atoms with van der Waals surface area (Å²) in [5, 5.41) is 40.2. The minimum absolute atomic E-state index is 0.398. The topological polar surface area (TPSA) is 160 Å². The Balaban J connectivity index is 2.18. The summed E-state index contributed by atoms with van der Waals surface area (Å²) in [7, 11) is 4.09. The zero-order valence-corrected chi connectivity index (χ0v) is 18.9. The van der Waals surface area contributed by atoms with Crippen LogP contribution in [-0.4, -0.2) is 62.4 Å². The van der Waals surface area contributed by atoms with Crippen molar-refractivity contribution in [2.45, 2.75) is 38.3 Å². The van der Waals surface area contributed by atoms with Gasteiger partial charge in [-0.05, 0) is 25.0 Å². The number of rotatable bonds is 4. The summed E-state index contributed by atoms with van der Waals surface area (Å²) >= 11 is 0. The van der Waals surface area contributed by atoms with E-state index < -0.39 is 58.9 Å². The minimum atomic E-state index is -2.26. The van der Waals surface area contributed by atoms with Gasteiger partial charge in [0.05, 0.1) is 48.3 Å². The minimum Gasteiger partial charge on any atom is -0.377 e. The van der Waals surface area contributed by atoms with Crippen molar-refractivity contribution in [3.05, 3.63) is 23.3 Å². The average molecular weight is 449 g/mol. The Morgan fingerprint density at radius 2 is 1.39 bits per heavy atom. The zero-order chi connectivity index (χ0) is 24.7. The van der Waals surface area contributed by atoms with Crippen LogP contribution >= 0.6 is 0 Å². The highest BCUT2D eigenvalue weighted by Crippen LogP contribution is 2.53. The number of amides is 2. The molecule has 1 aliphatic heterocycles. The van der Waals surface area contributed by atoms with Gasteiger partial charge in [-0.1, -0.05) is 12.2 Å². The van der Waals surface area contributed by atoms with Crippen LogP contribution in [0.4, 0.5) is 0 Å². The monoisotopic (exact) mass is 449 g/mol. The second-order valence-corrected chi connectivity index (χ2v) is 8.47. The van der Waals surface area contributed by atoms with Gasteiger partial charge in [-0.15, -0.1) is 0 Å². The van der Waals surface area contributed by atoms with E-state index in [9.17, 15) is 30.6 Å². The van der Waals surface area contributed by atoms with Crippen molar-refractivity contribution in [1.82, 2.24) is 4.90 Å². The van der Waals surface area contributed by atoms with Gasteiger partial charge in [-0.2, -0.15) is 21.0 Å². The van der Waals surface area contributed by atoms with Crippen molar-refractivity contribution in [1.29, 1.82) is 21.0 Å². The first-order chi connectivity index (χ1) is 15.6. The molecule has 2 amide bonds. The lowest BCUT2D eigenvalue weighted by Gasteiger charge is -2.46. The van der Waals surface area contributed by atoms with Crippen molar-refractivity contribution >= 4 is 11.8 Å². The molecule has 0 unspecified atom stereocenters. The van der Waals surface area contributed by atoms with E-state index in [1.807, 2.05) is 24.3 Å². The standard InChI is InChI=1S/C23H23N5O5/c1-12-6-14(31-4)16-17(21(30)28(3)20(16)29)18(12)33-19-13(2)7-15(32-5)22(8-24,9-25)23(19,10-26)11-27/h6-7,14-19H,1-5H3/t14-,15+,16-,17-,18-,19+/m0/s1. The number of carbonyl (C=O) groups excluding carboxylic acids is 2. The lowest BCUT2D eigenvalue weighted by Crippen LogP contribution is -2.59. The van der Waals surface area contributed by atoms with Crippen LogP contribution in [0.2, 0.25) is 0 Å². The SMILES string of the molecule is CO[C@H]1C=C(C)[C@H](O[C@@H]2C(C)=C[C@@H](OC)C(C#N)(C#N)C2(C#N)C#N)[C@H]2C(=O)N(C)C(=O)[C@H]21. The van der Waals surface area contributed by atoms with E-state index in [-0.39, 0.29) is 0 Å². The number of carbonyl (C=O) groups is 2. The van der Waals surface area contributed by atoms with Gasteiger partial charge in [0.25, 0.3) is 0 Å². The molecule has 1 fully saturated rings. The summed E-state index contributed by atoms with van der Waals surface area (Å²) in [6.07, 6.45) is -0.952. The summed E-state index contributed by atoms with van der Waals surface area (Å²) in [4.78, 5) is 26.8. The van der Waals surface area contributed by atoms with E-state index in [1.165, 1.54) is 27.3 Å². The Morgan fingerprint density at radius 3 is 1.88 bits per heavy atom. The van der Waals surface area contributed by atoms with Gasteiger partial charge in [0.1, 0.15) is 12.2 Å². The van der Waals surface area contributed by atoms with Gasteiger partial charge < -0.3 is 14.2 Å². The lowest BCUT2D eigenvalue weighted by atomic mass is 9.56. The molecule has 33 heavy (non-hydrogen) atoms. The van der Waals surface area contributed by atoms with Gasteiger partial charge in [0.2, 0.25) is 22.6 Å². The number of ether oxygens (including phenoxy) is 3. The summed E-state index contributed by atoms with van der Waals surface area (Å²) in [6.45, 7) is 3.30. The van der Waals surface area contributed by atoms with Crippen molar-refractivity contribution in [2.75, 3.05) is 21.3 Å². The number of nitrogens with zero attached hydrogens (tertiary/aromatic N) is 5. The number of likely N-dealkylation sites (tertiary alicyclic amines) is 1. The van der Waals surface area contributed by atoms with Gasteiger partial charge >= 0.3 is 0 Å². The van der Waals surface area contributed by atoms with Crippen molar-refractivity contribution in [2.24, 2.45) is 22.7 Å². The molecule has 0 saturated carbocycles. The third-order valence-electron chi connectivity index (χ3n) is 6.96. The van der Waals surface area contributed by atoms with E-state index in [4.69, 9.17) is 14.2 Å². The second kappa shape index (κ2) is 8.43. The first-order valence-electron chi connectivity index (χ1n) is 10.2. The molecular formula is C23H23N5O5. The van der Waals surface area contributed by atoms with E-state index >= 15 is 0 Å². The molecule has 10 nitrogen and oxygen atoms in total. The first-order valence-corrected chi connectivity index (χ1v) is 10.2. The summed E-state index contributed by atoms with van der Waals surface area (Å²) in [5.74, 6) is -2.67. The summed E-state index contributed by atoms with van der Waals surface area (Å²) < 4.78 is 17.0. The number of hydrogen-bond acceptors (Lipinski definition) is 9. The first kappa shape index (κ1) is 24.1. The van der Waals surface area contributed by atoms with Crippen LogP contribution in [0.5, 0.6) is 0 Å². The maximum atomic E-state index is 13.0.